The van der Waals surface area contributed by atoms with Crippen LogP contribution in [0.25, 0.3) is 10.9 Å². The Balaban J connectivity index is 2.19. The van der Waals surface area contributed by atoms with Gasteiger partial charge in [0.15, 0.2) is 0 Å². The second kappa shape index (κ2) is 5.13. The van der Waals surface area contributed by atoms with Gasteiger partial charge in [0, 0.05) is 18.4 Å². The smallest absolute Gasteiger partial charge is 0.0950 e. The lowest BCUT2D eigenvalue weighted by atomic mass is 10.2. The molecule has 1 N–H and O–H groups in total. The van der Waals surface area contributed by atoms with E-state index in [0.29, 0.717) is 0 Å². The summed E-state index contributed by atoms with van der Waals surface area (Å²) in [4.78, 5) is 0. The van der Waals surface area contributed by atoms with Crippen LogP contribution >= 0.6 is 0 Å². The van der Waals surface area contributed by atoms with E-state index in [0.717, 1.165) is 29.6 Å². The summed E-state index contributed by atoms with van der Waals surface area (Å²) in [6.07, 6.45) is 2.59. The molecule has 0 fully saturated rings. The first-order valence-corrected chi connectivity index (χ1v) is 5.25. The molecule has 0 radical (unpaired) electrons. The zero-order valence-corrected chi connectivity index (χ0v) is 9.20. The molecule has 0 amide bonds. The Morgan fingerprint density at radius 1 is 1.31 bits per heavy atom. The fourth-order valence-corrected chi connectivity index (χ4v) is 1.53. The number of fused-ring (bicyclic) bond motifs is 1. The predicted octanol–water partition coefficient (Wildman–Crippen LogP) is 2.46. The summed E-state index contributed by atoms with van der Waals surface area (Å²) in [5.74, 6) is 5.89. The molecule has 0 spiro atoms. The van der Waals surface area contributed by atoms with Gasteiger partial charge < -0.3 is 5.32 Å². The molecule has 0 bridgehead atoms. The van der Waals surface area contributed by atoms with Gasteiger partial charge in [-0.05, 0) is 13.0 Å². The fraction of sp³-hybridized carbons (Fsp3) is 0.231. The van der Waals surface area contributed by atoms with E-state index >= 15 is 0 Å². The normalized spacial score (nSPS) is 9.56. The number of nitrogens with one attached hydrogen (secondary N) is 1. The summed E-state index contributed by atoms with van der Waals surface area (Å²) in [7, 11) is 0. The lowest BCUT2D eigenvalue weighted by molar-refractivity contribution is 1.05. The van der Waals surface area contributed by atoms with Crippen molar-refractivity contribution in [2.75, 3.05) is 11.9 Å². The lowest BCUT2D eigenvalue weighted by Crippen LogP contribution is -2.02. The van der Waals surface area contributed by atoms with Crippen LogP contribution in [0.1, 0.15) is 13.3 Å². The van der Waals surface area contributed by atoms with Crippen molar-refractivity contribution in [2.45, 2.75) is 13.3 Å². The van der Waals surface area contributed by atoms with E-state index in [9.17, 15) is 0 Å². The maximum atomic E-state index is 4.07. The Kier molecular flexibility index (Phi) is 3.35. The fourth-order valence-electron chi connectivity index (χ4n) is 1.53. The monoisotopic (exact) mass is 211 g/mol. The maximum absolute atomic E-state index is 4.07. The third kappa shape index (κ3) is 2.29. The molecular formula is C13H13N3. The quantitative estimate of drug-likeness (QED) is 0.626. The molecule has 1 aromatic heterocycles. The largest absolute Gasteiger partial charge is 0.382 e. The number of anilines is 1. The van der Waals surface area contributed by atoms with Crippen molar-refractivity contribution in [3.05, 3.63) is 30.5 Å². The van der Waals surface area contributed by atoms with E-state index in [-0.39, 0.29) is 0 Å². The molecule has 1 heterocycles. The Labute approximate surface area is 94.9 Å². The second-order valence-corrected chi connectivity index (χ2v) is 3.38. The van der Waals surface area contributed by atoms with Gasteiger partial charge in [0.2, 0.25) is 0 Å². The number of benzene rings is 1. The van der Waals surface area contributed by atoms with Crippen molar-refractivity contribution in [3.63, 3.8) is 0 Å². The molecule has 2 aromatic rings. The first kappa shape index (κ1) is 10.4. The van der Waals surface area contributed by atoms with E-state index < -0.39 is 0 Å². The van der Waals surface area contributed by atoms with E-state index in [2.05, 4.69) is 27.4 Å². The zero-order valence-electron chi connectivity index (χ0n) is 9.20. The van der Waals surface area contributed by atoms with Crippen LogP contribution in [-0.2, 0) is 0 Å². The summed E-state index contributed by atoms with van der Waals surface area (Å²) in [6.45, 7) is 2.68. The molecule has 0 aliphatic carbocycles. The van der Waals surface area contributed by atoms with Gasteiger partial charge in [0.05, 0.1) is 17.4 Å². The van der Waals surface area contributed by atoms with E-state index in [1.54, 1.807) is 6.20 Å². The van der Waals surface area contributed by atoms with E-state index in [1.807, 2.05) is 31.2 Å². The van der Waals surface area contributed by atoms with Crippen LogP contribution in [0.15, 0.2) is 30.5 Å². The Morgan fingerprint density at radius 3 is 3.06 bits per heavy atom. The Hall–Kier alpha value is -2.08. The molecule has 0 atom stereocenters. The van der Waals surface area contributed by atoms with Crippen molar-refractivity contribution >= 4 is 16.6 Å². The SMILES string of the molecule is CC#CCCNc1cnnc2ccccc12. The zero-order chi connectivity index (χ0) is 11.2. The minimum absolute atomic E-state index is 0.830. The van der Waals surface area contributed by atoms with Gasteiger partial charge >= 0.3 is 0 Å². The minimum Gasteiger partial charge on any atom is -0.382 e. The predicted molar refractivity (Wildman–Crippen MR) is 66.1 cm³/mol. The summed E-state index contributed by atoms with van der Waals surface area (Å²) < 4.78 is 0. The van der Waals surface area contributed by atoms with E-state index in [1.165, 1.54) is 0 Å². The highest BCUT2D eigenvalue weighted by Crippen LogP contribution is 2.19. The van der Waals surface area contributed by atoms with Crippen molar-refractivity contribution in [2.24, 2.45) is 0 Å². The molecule has 16 heavy (non-hydrogen) atoms. The van der Waals surface area contributed by atoms with Crippen LogP contribution in [0.3, 0.4) is 0 Å². The van der Waals surface area contributed by atoms with Gasteiger partial charge in [-0.15, -0.1) is 11.8 Å². The Bertz CT molecular complexity index is 532. The van der Waals surface area contributed by atoms with Crippen LogP contribution in [0.5, 0.6) is 0 Å². The van der Waals surface area contributed by atoms with Crippen LogP contribution in [0, 0.1) is 11.8 Å². The topological polar surface area (TPSA) is 37.8 Å². The van der Waals surface area contributed by atoms with Gasteiger partial charge in [0.25, 0.3) is 0 Å². The van der Waals surface area contributed by atoms with Gasteiger partial charge in [-0.25, -0.2) is 0 Å². The molecule has 80 valence electrons. The lowest BCUT2D eigenvalue weighted by Gasteiger charge is -2.06. The van der Waals surface area contributed by atoms with Gasteiger partial charge in [0.1, 0.15) is 0 Å². The summed E-state index contributed by atoms with van der Waals surface area (Å²) in [5, 5.41) is 12.4. The first-order valence-electron chi connectivity index (χ1n) is 5.25. The number of aromatic nitrogens is 2. The number of nitrogens with zero attached hydrogens (tertiary/aromatic N) is 2. The maximum Gasteiger partial charge on any atom is 0.0950 e. The second-order valence-electron chi connectivity index (χ2n) is 3.38. The highest BCUT2D eigenvalue weighted by atomic mass is 15.1. The van der Waals surface area contributed by atoms with Crippen LogP contribution < -0.4 is 5.32 Å². The molecule has 0 aliphatic heterocycles. The van der Waals surface area contributed by atoms with Crippen molar-refractivity contribution in [1.29, 1.82) is 0 Å². The highest BCUT2D eigenvalue weighted by molar-refractivity contribution is 5.90. The number of hydrogen-bond donors (Lipinski definition) is 1. The molecule has 2 rings (SSSR count). The van der Waals surface area contributed by atoms with Gasteiger partial charge in [-0.1, -0.05) is 18.2 Å². The van der Waals surface area contributed by atoms with Crippen LogP contribution in [0.2, 0.25) is 0 Å². The number of hydrogen-bond acceptors (Lipinski definition) is 3. The molecule has 0 aliphatic rings. The molecule has 3 heteroatoms. The first-order chi connectivity index (χ1) is 7.92. The average Bonchev–Trinajstić information content (AvgIpc) is 2.35. The van der Waals surface area contributed by atoms with E-state index in [4.69, 9.17) is 0 Å². The third-order valence-corrected chi connectivity index (χ3v) is 2.29. The molecule has 0 saturated carbocycles. The molecule has 0 saturated heterocycles. The molecular weight excluding hydrogens is 198 g/mol. The highest BCUT2D eigenvalue weighted by Gasteiger charge is 2.00. The standard InChI is InChI=1S/C13H13N3/c1-2-3-6-9-14-13-10-15-16-12-8-5-4-7-11(12)13/h4-5,7-8,10H,6,9H2,1H3,(H,14,16). The number of rotatable bonds is 3. The third-order valence-electron chi connectivity index (χ3n) is 2.29. The van der Waals surface area contributed by atoms with Crippen LogP contribution in [-0.4, -0.2) is 16.7 Å². The van der Waals surface area contributed by atoms with Gasteiger partial charge in [-0.2, -0.15) is 10.2 Å². The summed E-state index contributed by atoms with van der Waals surface area (Å²) in [5.41, 5.74) is 1.93. The van der Waals surface area contributed by atoms with Crippen molar-refractivity contribution in [1.82, 2.24) is 10.2 Å². The molecule has 0 unspecified atom stereocenters. The summed E-state index contributed by atoms with van der Waals surface area (Å²) >= 11 is 0. The van der Waals surface area contributed by atoms with Crippen molar-refractivity contribution < 1.29 is 0 Å². The Morgan fingerprint density at radius 2 is 2.19 bits per heavy atom. The minimum atomic E-state index is 0.830. The van der Waals surface area contributed by atoms with Crippen molar-refractivity contribution in [3.8, 4) is 11.8 Å². The molecule has 3 nitrogen and oxygen atoms in total. The average molecular weight is 211 g/mol. The molecule has 1 aromatic carbocycles. The van der Waals surface area contributed by atoms with Crippen LogP contribution in [0.4, 0.5) is 5.69 Å². The summed E-state index contributed by atoms with van der Waals surface area (Å²) in [6, 6.07) is 7.96. The van der Waals surface area contributed by atoms with Gasteiger partial charge in [-0.3, -0.25) is 0 Å².